The number of hydrogen-bond donors (Lipinski definition) is 1. The third kappa shape index (κ3) is 4.60. The predicted octanol–water partition coefficient (Wildman–Crippen LogP) is 1.59. The van der Waals surface area contributed by atoms with Crippen LogP contribution in [0.5, 0.6) is 0 Å². The molecule has 3 rings (SSSR count). The van der Waals surface area contributed by atoms with E-state index in [4.69, 9.17) is 4.74 Å². The molecule has 1 aromatic carbocycles. The number of aliphatic imine (C=N–C) groups is 1. The number of hydrogen-bond acceptors (Lipinski definition) is 6. The van der Waals surface area contributed by atoms with Gasteiger partial charge in [-0.05, 0) is 19.1 Å². The summed E-state index contributed by atoms with van der Waals surface area (Å²) in [6, 6.07) is 6.78. The van der Waals surface area contributed by atoms with Crippen molar-refractivity contribution in [2.24, 2.45) is 4.99 Å². The van der Waals surface area contributed by atoms with Crippen molar-refractivity contribution in [2.45, 2.75) is 11.8 Å². The van der Waals surface area contributed by atoms with Gasteiger partial charge in [0, 0.05) is 24.5 Å². The Morgan fingerprint density at radius 3 is 2.71 bits per heavy atom. The van der Waals surface area contributed by atoms with Crippen LogP contribution in [0.3, 0.4) is 0 Å². The monoisotopic (exact) mass is 367 g/mol. The standard InChI is InChI=1S/C16H21N3O3S2/c1-13-2-4-15(5-3-13)24(20,21)18-16-17-12-14(23-16)6-7-19-8-10-22-11-9-19/h2-6H,7-12H2,1H3,(H,17,18)/b14-6+. The normalized spacial score (nSPS) is 21.0. The fourth-order valence-electron chi connectivity index (χ4n) is 2.40. The number of ether oxygens (including phenoxy) is 1. The van der Waals surface area contributed by atoms with E-state index in [9.17, 15) is 8.42 Å². The molecule has 2 aliphatic heterocycles. The molecule has 0 radical (unpaired) electrons. The zero-order valence-corrected chi connectivity index (χ0v) is 15.2. The molecule has 2 aliphatic rings. The number of nitrogens with zero attached hydrogens (tertiary/aromatic N) is 2. The van der Waals surface area contributed by atoms with Crippen LogP contribution in [0.2, 0.25) is 0 Å². The summed E-state index contributed by atoms with van der Waals surface area (Å²) in [4.78, 5) is 7.92. The molecule has 2 heterocycles. The van der Waals surface area contributed by atoms with Crippen LogP contribution >= 0.6 is 11.8 Å². The summed E-state index contributed by atoms with van der Waals surface area (Å²) >= 11 is 1.39. The lowest BCUT2D eigenvalue weighted by Gasteiger charge is -2.25. The smallest absolute Gasteiger partial charge is 0.263 e. The van der Waals surface area contributed by atoms with Gasteiger partial charge in [0.15, 0.2) is 5.17 Å². The van der Waals surface area contributed by atoms with E-state index in [-0.39, 0.29) is 4.90 Å². The van der Waals surface area contributed by atoms with Crippen LogP contribution in [0.15, 0.2) is 45.1 Å². The number of thioether (sulfide) groups is 1. The summed E-state index contributed by atoms with van der Waals surface area (Å²) in [5.41, 5.74) is 1.02. The molecule has 0 amide bonds. The van der Waals surface area contributed by atoms with Gasteiger partial charge in [-0.25, -0.2) is 8.42 Å². The van der Waals surface area contributed by atoms with E-state index in [0.29, 0.717) is 11.7 Å². The lowest BCUT2D eigenvalue weighted by Crippen LogP contribution is -2.36. The average Bonchev–Trinajstić information content (AvgIpc) is 3.01. The zero-order valence-electron chi connectivity index (χ0n) is 13.6. The number of rotatable bonds is 4. The highest BCUT2D eigenvalue weighted by atomic mass is 32.2. The summed E-state index contributed by atoms with van der Waals surface area (Å²) < 4.78 is 32.6. The number of morpholine rings is 1. The van der Waals surface area contributed by atoms with Crippen molar-refractivity contribution in [3.63, 3.8) is 0 Å². The first kappa shape index (κ1) is 17.5. The van der Waals surface area contributed by atoms with E-state index in [1.165, 1.54) is 11.8 Å². The van der Waals surface area contributed by atoms with Gasteiger partial charge < -0.3 is 4.74 Å². The van der Waals surface area contributed by atoms with E-state index in [1.807, 2.05) is 6.92 Å². The van der Waals surface area contributed by atoms with Crippen LogP contribution in [-0.4, -0.2) is 57.9 Å². The minimum Gasteiger partial charge on any atom is -0.379 e. The van der Waals surface area contributed by atoms with Gasteiger partial charge in [0.05, 0.1) is 24.7 Å². The number of benzene rings is 1. The summed E-state index contributed by atoms with van der Waals surface area (Å²) in [5.74, 6) is 0. The molecule has 1 fully saturated rings. The highest BCUT2D eigenvalue weighted by molar-refractivity contribution is 8.18. The van der Waals surface area contributed by atoms with Crippen molar-refractivity contribution >= 4 is 27.0 Å². The first-order valence-electron chi connectivity index (χ1n) is 7.84. The van der Waals surface area contributed by atoms with Gasteiger partial charge in [0.1, 0.15) is 0 Å². The highest BCUT2D eigenvalue weighted by Crippen LogP contribution is 2.25. The molecule has 6 nitrogen and oxygen atoms in total. The molecular formula is C16H21N3O3S2. The third-order valence-corrected chi connectivity index (χ3v) is 6.31. The van der Waals surface area contributed by atoms with Crippen molar-refractivity contribution in [1.82, 2.24) is 9.62 Å². The second-order valence-corrected chi connectivity index (χ2v) is 8.52. The second kappa shape index (κ2) is 7.69. The molecular weight excluding hydrogens is 346 g/mol. The minimum atomic E-state index is -3.58. The molecule has 0 unspecified atom stereocenters. The number of nitrogens with one attached hydrogen (secondary N) is 1. The predicted molar refractivity (Wildman–Crippen MR) is 96.7 cm³/mol. The lowest BCUT2D eigenvalue weighted by molar-refractivity contribution is 0.0434. The number of sulfonamides is 1. The van der Waals surface area contributed by atoms with Crippen molar-refractivity contribution < 1.29 is 13.2 Å². The molecule has 8 heteroatoms. The van der Waals surface area contributed by atoms with Gasteiger partial charge >= 0.3 is 0 Å². The molecule has 0 saturated carbocycles. The van der Waals surface area contributed by atoms with E-state index in [2.05, 4.69) is 20.7 Å². The minimum absolute atomic E-state index is 0.252. The maximum Gasteiger partial charge on any atom is 0.263 e. The maximum atomic E-state index is 12.4. The second-order valence-electron chi connectivity index (χ2n) is 5.73. The topological polar surface area (TPSA) is 71.0 Å². The molecule has 0 bridgehead atoms. The Kier molecular flexibility index (Phi) is 5.60. The van der Waals surface area contributed by atoms with Gasteiger partial charge in [-0.15, -0.1) is 0 Å². The van der Waals surface area contributed by atoms with Crippen LogP contribution in [0.4, 0.5) is 0 Å². The Morgan fingerprint density at radius 1 is 1.29 bits per heavy atom. The Labute approximate surface area is 147 Å². The van der Waals surface area contributed by atoms with Crippen LogP contribution in [0, 0.1) is 6.92 Å². The maximum absolute atomic E-state index is 12.4. The van der Waals surface area contributed by atoms with Crippen LogP contribution in [0.1, 0.15) is 5.56 Å². The summed E-state index contributed by atoms with van der Waals surface area (Å²) in [7, 11) is -3.58. The molecule has 1 aromatic rings. The molecule has 130 valence electrons. The summed E-state index contributed by atoms with van der Waals surface area (Å²) in [6.45, 7) is 6.71. The van der Waals surface area contributed by atoms with Crippen LogP contribution in [0.25, 0.3) is 0 Å². The van der Waals surface area contributed by atoms with E-state index in [0.717, 1.165) is 43.3 Å². The van der Waals surface area contributed by atoms with Gasteiger partial charge in [-0.1, -0.05) is 35.5 Å². The first-order chi connectivity index (χ1) is 11.5. The molecule has 0 aromatic heterocycles. The number of aryl methyl sites for hydroxylation is 1. The van der Waals surface area contributed by atoms with E-state index < -0.39 is 10.0 Å². The van der Waals surface area contributed by atoms with E-state index in [1.54, 1.807) is 24.3 Å². The Morgan fingerprint density at radius 2 is 2.00 bits per heavy atom. The summed E-state index contributed by atoms with van der Waals surface area (Å²) in [5, 5.41) is 0.434. The molecule has 0 atom stereocenters. The largest absolute Gasteiger partial charge is 0.379 e. The quantitative estimate of drug-likeness (QED) is 0.875. The average molecular weight is 367 g/mol. The third-order valence-electron chi connectivity index (χ3n) is 3.84. The van der Waals surface area contributed by atoms with Crippen molar-refractivity contribution in [2.75, 3.05) is 39.4 Å². The van der Waals surface area contributed by atoms with Gasteiger partial charge in [-0.3, -0.25) is 14.6 Å². The van der Waals surface area contributed by atoms with Gasteiger partial charge in [0.2, 0.25) is 0 Å². The van der Waals surface area contributed by atoms with E-state index >= 15 is 0 Å². The fraction of sp³-hybridized carbons (Fsp3) is 0.438. The zero-order chi connectivity index (χ0) is 17.0. The Hall–Kier alpha value is -1.35. The molecule has 0 spiro atoms. The van der Waals surface area contributed by atoms with Gasteiger partial charge in [0.25, 0.3) is 10.0 Å². The lowest BCUT2D eigenvalue weighted by atomic mass is 10.2. The molecule has 1 saturated heterocycles. The van der Waals surface area contributed by atoms with Crippen molar-refractivity contribution in [3.05, 3.63) is 40.8 Å². The summed E-state index contributed by atoms with van der Waals surface area (Å²) in [6.07, 6.45) is 2.12. The number of amidine groups is 1. The SMILES string of the molecule is Cc1ccc(S(=O)(=O)NC2=NC/C(=C\CN3CCOCC3)S2)cc1. The highest BCUT2D eigenvalue weighted by Gasteiger charge is 2.21. The fourth-order valence-corrected chi connectivity index (χ4v) is 4.47. The molecule has 0 aliphatic carbocycles. The molecule has 1 N–H and O–H groups in total. The molecule has 24 heavy (non-hydrogen) atoms. The van der Waals surface area contributed by atoms with Gasteiger partial charge in [-0.2, -0.15) is 0 Å². The van der Waals surface area contributed by atoms with Crippen LogP contribution < -0.4 is 4.72 Å². The Bertz CT molecular complexity index is 736. The van der Waals surface area contributed by atoms with Crippen molar-refractivity contribution in [1.29, 1.82) is 0 Å². The van der Waals surface area contributed by atoms with Crippen LogP contribution in [-0.2, 0) is 14.8 Å². The first-order valence-corrected chi connectivity index (χ1v) is 10.1. The Balaban J connectivity index is 1.56. The van der Waals surface area contributed by atoms with Crippen molar-refractivity contribution in [3.8, 4) is 0 Å².